The van der Waals surface area contributed by atoms with Crippen LogP contribution >= 0.6 is 0 Å². The molecule has 0 aliphatic carbocycles. The zero-order chi connectivity index (χ0) is 18.5. The molecule has 0 saturated heterocycles. The number of nitrogens with one attached hydrogen (secondary N) is 1. The van der Waals surface area contributed by atoms with Crippen molar-refractivity contribution in [3.05, 3.63) is 60.2 Å². The van der Waals surface area contributed by atoms with Crippen LogP contribution in [0.3, 0.4) is 0 Å². The predicted molar refractivity (Wildman–Crippen MR) is 95.6 cm³/mol. The van der Waals surface area contributed by atoms with Gasteiger partial charge in [-0.25, -0.2) is 21.6 Å². The molecule has 2 aromatic rings. The van der Waals surface area contributed by atoms with Crippen LogP contribution in [0.15, 0.2) is 64.4 Å². The highest BCUT2D eigenvalue weighted by Crippen LogP contribution is 2.20. The molecule has 2 aromatic carbocycles. The standard InChI is InChI=1S/C17H21NO5S2/c1-24(20,21)16-8-5-9-17(12-16)25(22,23)18-13-15(10-11-19)14-6-3-2-4-7-14/h2-9,12,15,18-19H,10-11,13H2,1H3/t15-/m1/s1. The molecular formula is C17H21NO5S2. The quantitative estimate of drug-likeness (QED) is 0.720. The zero-order valence-corrected chi connectivity index (χ0v) is 15.4. The van der Waals surface area contributed by atoms with Crippen molar-refractivity contribution in [3.63, 3.8) is 0 Å². The molecule has 0 spiro atoms. The smallest absolute Gasteiger partial charge is 0.240 e. The number of sulfone groups is 1. The summed E-state index contributed by atoms with van der Waals surface area (Å²) in [5.41, 5.74) is 0.920. The molecule has 0 bridgehead atoms. The maximum atomic E-state index is 12.5. The second-order valence-corrected chi connectivity index (χ2v) is 9.50. The first-order valence-corrected chi connectivity index (χ1v) is 11.1. The van der Waals surface area contributed by atoms with Crippen molar-refractivity contribution >= 4 is 19.9 Å². The first-order chi connectivity index (χ1) is 11.7. The summed E-state index contributed by atoms with van der Waals surface area (Å²) in [6.45, 7) is 0.0425. The Kier molecular flexibility index (Phi) is 6.34. The second kappa shape index (κ2) is 8.09. The molecule has 0 saturated carbocycles. The van der Waals surface area contributed by atoms with E-state index in [0.717, 1.165) is 17.9 Å². The van der Waals surface area contributed by atoms with E-state index in [1.807, 2.05) is 30.3 Å². The fourth-order valence-electron chi connectivity index (χ4n) is 2.43. The van der Waals surface area contributed by atoms with Crippen molar-refractivity contribution < 1.29 is 21.9 Å². The molecule has 0 radical (unpaired) electrons. The Morgan fingerprint density at radius 1 is 0.960 bits per heavy atom. The van der Waals surface area contributed by atoms with Crippen LogP contribution in [-0.4, -0.2) is 41.3 Å². The maximum Gasteiger partial charge on any atom is 0.240 e. The summed E-state index contributed by atoms with van der Waals surface area (Å²) < 4.78 is 50.7. The van der Waals surface area contributed by atoms with Crippen LogP contribution in [0.25, 0.3) is 0 Å². The zero-order valence-electron chi connectivity index (χ0n) is 13.8. The van der Waals surface area contributed by atoms with Crippen LogP contribution in [0.1, 0.15) is 17.9 Å². The van der Waals surface area contributed by atoms with Crippen molar-refractivity contribution in [2.75, 3.05) is 19.4 Å². The van der Waals surface area contributed by atoms with Gasteiger partial charge in [-0.05, 0) is 36.1 Å². The second-order valence-electron chi connectivity index (χ2n) is 5.72. The van der Waals surface area contributed by atoms with E-state index in [1.54, 1.807) is 0 Å². The van der Waals surface area contributed by atoms with Gasteiger partial charge in [-0.2, -0.15) is 0 Å². The van der Waals surface area contributed by atoms with E-state index < -0.39 is 19.9 Å². The summed E-state index contributed by atoms with van der Waals surface area (Å²) in [5.74, 6) is -0.181. The number of benzene rings is 2. The van der Waals surface area contributed by atoms with Gasteiger partial charge in [-0.3, -0.25) is 0 Å². The fraction of sp³-hybridized carbons (Fsp3) is 0.294. The number of rotatable bonds is 8. The molecule has 0 fully saturated rings. The van der Waals surface area contributed by atoms with E-state index in [2.05, 4.69) is 4.72 Å². The van der Waals surface area contributed by atoms with Gasteiger partial charge in [0.15, 0.2) is 9.84 Å². The van der Waals surface area contributed by atoms with E-state index in [-0.39, 0.29) is 28.9 Å². The third-order valence-electron chi connectivity index (χ3n) is 3.81. The Hall–Kier alpha value is -1.74. The van der Waals surface area contributed by atoms with Gasteiger partial charge in [-0.1, -0.05) is 36.4 Å². The van der Waals surface area contributed by atoms with E-state index in [0.29, 0.717) is 6.42 Å². The average molecular weight is 383 g/mol. The van der Waals surface area contributed by atoms with Crippen molar-refractivity contribution in [3.8, 4) is 0 Å². The molecule has 2 N–H and O–H groups in total. The van der Waals surface area contributed by atoms with Crippen molar-refractivity contribution in [2.24, 2.45) is 0 Å². The molecule has 6 nitrogen and oxygen atoms in total. The summed E-state index contributed by atoms with van der Waals surface area (Å²) in [6, 6.07) is 14.5. The minimum Gasteiger partial charge on any atom is -0.396 e. The molecule has 25 heavy (non-hydrogen) atoms. The molecule has 0 amide bonds. The van der Waals surface area contributed by atoms with Crippen LogP contribution < -0.4 is 4.72 Å². The van der Waals surface area contributed by atoms with Crippen LogP contribution in [0.2, 0.25) is 0 Å². The van der Waals surface area contributed by atoms with Gasteiger partial charge in [-0.15, -0.1) is 0 Å². The molecule has 1 atom stereocenters. The van der Waals surface area contributed by atoms with Crippen molar-refractivity contribution in [2.45, 2.75) is 22.1 Å². The summed E-state index contributed by atoms with van der Waals surface area (Å²) in [4.78, 5) is -0.156. The van der Waals surface area contributed by atoms with Crippen LogP contribution in [0, 0.1) is 0 Å². The monoisotopic (exact) mass is 383 g/mol. The average Bonchev–Trinajstić information content (AvgIpc) is 2.59. The predicted octanol–water partition coefficient (Wildman–Crippen LogP) is 1.53. The Balaban J connectivity index is 2.20. The van der Waals surface area contributed by atoms with Crippen LogP contribution in [0.4, 0.5) is 0 Å². The number of sulfonamides is 1. The minimum atomic E-state index is -3.86. The van der Waals surface area contributed by atoms with Gasteiger partial charge < -0.3 is 5.11 Å². The summed E-state index contributed by atoms with van der Waals surface area (Å²) in [6.07, 6.45) is 1.44. The van der Waals surface area contributed by atoms with Gasteiger partial charge in [0.1, 0.15) is 0 Å². The third-order valence-corrected chi connectivity index (χ3v) is 6.34. The Morgan fingerprint density at radius 2 is 1.60 bits per heavy atom. The fourth-order valence-corrected chi connectivity index (χ4v) is 4.30. The van der Waals surface area contributed by atoms with Gasteiger partial charge in [0.25, 0.3) is 0 Å². The van der Waals surface area contributed by atoms with E-state index >= 15 is 0 Å². The number of aliphatic hydroxyl groups is 1. The third kappa shape index (κ3) is 5.37. The lowest BCUT2D eigenvalue weighted by atomic mass is 9.96. The van der Waals surface area contributed by atoms with Crippen LogP contribution in [0.5, 0.6) is 0 Å². The molecule has 0 aliphatic heterocycles. The highest BCUT2D eigenvalue weighted by atomic mass is 32.2. The minimum absolute atomic E-state index is 0.0506. The Morgan fingerprint density at radius 3 is 2.20 bits per heavy atom. The lowest BCUT2D eigenvalue weighted by Gasteiger charge is -2.17. The molecular weight excluding hydrogens is 362 g/mol. The maximum absolute atomic E-state index is 12.5. The molecule has 0 aromatic heterocycles. The van der Waals surface area contributed by atoms with Crippen LogP contribution in [-0.2, 0) is 19.9 Å². The molecule has 8 heteroatoms. The van der Waals surface area contributed by atoms with E-state index in [4.69, 9.17) is 0 Å². The summed E-state index contributed by atoms with van der Waals surface area (Å²) in [5, 5.41) is 9.23. The van der Waals surface area contributed by atoms with E-state index in [1.165, 1.54) is 18.2 Å². The molecule has 2 rings (SSSR count). The van der Waals surface area contributed by atoms with E-state index in [9.17, 15) is 21.9 Å². The van der Waals surface area contributed by atoms with Crippen molar-refractivity contribution in [1.82, 2.24) is 4.72 Å². The van der Waals surface area contributed by atoms with Gasteiger partial charge >= 0.3 is 0 Å². The lowest BCUT2D eigenvalue weighted by molar-refractivity contribution is 0.275. The lowest BCUT2D eigenvalue weighted by Crippen LogP contribution is -2.29. The van der Waals surface area contributed by atoms with Crippen molar-refractivity contribution in [1.29, 1.82) is 0 Å². The largest absolute Gasteiger partial charge is 0.396 e. The molecule has 0 heterocycles. The topological polar surface area (TPSA) is 101 Å². The SMILES string of the molecule is CS(=O)(=O)c1cccc(S(=O)(=O)NC[C@@H](CCO)c2ccccc2)c1. The number of hydrogen-bond acceptors (Lipinski definition) is 5. The Labute approximate surface area is 148 Å². The highest BCUT2D eigenvalue weighted by Gasteiger charge is 2.19. The molecule has 136 valence electrons. The number of hydrogen-bond donors (Lipinski definition) is 2. The normalized spacial score (nSPS) is 13.5. The number of aliphatic hydroxyl groups excluding tert-OH is 1. The molecule has 0 aliphatic rings. The summed E-state index contributed by atoms with van der Waals surface area (Å²) >= 11 is 0. The van der Waals surface area contributed by atoms with Gasteiger partial charge in [0.05, 0.1) is 9.79 Å². The first kappa shape index (κ1) is 19.6. The summed E-state index contributed by atoms with van der Waals surface area (Å²) in [7, 11) is -7.35. The van der Waals surface area contributed by atoms with Gasteiger partial charge in [0.2, 0.25) is 10.0 Å². The van der Waals surface area contributed by atoms with Gasteiger partial charge in [0, 0.05) is 19.4 Å². The molecule has 0 unspecified atom stereocenters. The highest BCUT2D eigenvalue weighted by molar-refractivity contribution is 7.91. The Bertz CT molecular complexity index is 909. The first-order valence-electron chi connectivity index (χ1n) is 7.69.